The van der Waals surface area contributed by atoms with Gasteiger partial charge in [-0.2, -0.15) is 5.01 Å². The molecule has 2 heterocycles. The minimum Gasteiger partial charge on any atom is -0.469 e. The van der Waals surface area contributed by atoms with E-state index in [1.54, 1.807) is 0 Å². The molecule has 0 radical (unpaired) electrons. The molecule has 0 aromatic heterocycles. The summed E-state index contributed by atoms with van der Waals surface area (Å²) in [7, 11) is 1.41. The fourth-order valence-electron chi connectivity index (χ4n) is 4.15. The lowest BCUT2D eigenvalue weighted by Crippen LogP contribution is -2.46. The van der Waals surface area contributed by atoms with Crippen molar-refractivity contribution in [1.29, 1.82) is 0 Å². The fourth-order valence-corrected chi connectivity index (χ4v) is 4.15. The standard InChI is InChI=1S/C21H32N4O3.ClH/c1-16(20(26)28-3)15-24-17(2)25(19-7-5-4-6-8-19)21(27)23(24)14-11-18-9-12-22-13-10-18;/h4-8,16-18,22H,9-15H2,1-3H3;1H. The number of methoxy groups -OCH3 is 1. The van der Waals surface area contributed by atoms with Gasteiger partial charge in [0.1, 0.15) is 6.17 Å². The number of halogens is 1. The number of piperidine rings is 1. The van der Waals surface area contributed by atoms with Gasteiger partial charge in [0, 0.05) is 18.8 Å². The summed E-state index contributed by atoms with van der Waals surface area (Å²) < 4.78 is 4.90. The van der Waals surface area contributed by atoms with Crippen molar-refractivity contribution in [1.82, 2.24) is 15.3 Å². The Morgan fingerprint density at radius 2 is 1.90 bits per heavy atom. The van der Waals surface area contributed by atoms with Crippen LogP contribution in [0.15, 0.2) is 30.3 Å². The molecule has 1 aromatic rings. The Morgan fingerprint density at radius 1 is 1.24 bits per heavy atom. The van der Waals surface area contributed by atoms with E-state index in [0.29, 0.717) is 19.0 Å². The van der Waals surface area contributed by atoms with Crippen molar-refractivity contribution in [2.75, 3.05) is 38.2 Å². The maximum atomic E-state index is 13.3. The molecule has 2 amide bonds. The van der Waals surface area contributed by atoms with Gasteiger partial charge >= 0.3 is 12.0 Å². The second-order valence-corrected chi connectivity index (χ2v) is 7.77. The Hall–Kier alpha value is -1.83. The highest BCUT2D eigenvalue weighted by molar-refractivity contribution is 5.94. The predicted molar refractivity (Wildman–Crippen MR) is 116 cm³/mol. The Bertz CT molecular complexity index is 669. The first-order valence-electron chi connectivity index (χ1n) is 10.2. The van der Waals surface area contributed by atoms with Crippen molar-refractivity contribution in [3.63, 3.8) is 0 Å². The number of ether oxygens (including phenoxy) is 1. The topological polar surface area (TPSA) is 65.1 Å². The zero-order valence-electron chi connectivity index (χ0n) is 17.5. The first-order valence-corrected chi connectivity index (χ1v) is 10.2. The number of carbonyl (C=O) groups is 2. The molecule has 3 rings (SSSR count). The van der Waals surface area contributed by atoms with Gasteiger partial charge in [0.05, 0.1) is 13.0 Å². The van der Waals surface area contributed by atoms with Crippen molar-refractivity contribution in [3.05, 3.63) is 30.3 Å². The molecule has 29 heavy (non-hydrogen) atoms. The van der Waals surface area contributed by atoms with Gasteiger partial charge in [-0.05, 0) is 57.3 Å². The van der Waals surface area contributed by atoms with E-state index in [4.69, 9.17) is 4.74 Å². The fraction of sp³-hybridized carbons (Fsp3) is 0.619. The van der Waals surface area contributed by atoms with Gasteiger partial charge in [-0.25, -0.2) is 4.79 Å². The van der Waals surface area contributed by atoms with E-state index in [-0.39, 0.29) is 36.5 Å². The van der Waals surface area contributed by atoms with E-state index in [0.717, 1.165) is 38.0 Å². The second-order valence-electron chi connectivity index (χ2n) is 7.77. The van der Waals surface area contributed by atoms with Crippen LogP contribution in [-0.2, 0) is 9.53 Å². The summed E-state index contributed by atoms with van der Waals surface area (Å²) in [4.78, 5) is 27.1. The second kappa shape index (κ2) is 10.8. The number of hydrogen-bond acceptors (Lipinski definition) is 5. The molecule has 162 valence electrons. The first kappa shape index (κ1) is 23.4. The van der Waals surface area contributed by atoms with Crippen molar-refractivity contribution in [3.8, 4) is 0 Å². The molecule has 1 N–H and O–H groups in total. The molecule has 0 aliphatic carbocycles. The van der Waals surface area contributed by atoms with Crippen LogP contribution in [0.4, 0.5) is 10.5 Å². The van der Waals surface area contributed by atoms with Crippen molar-refractivity contribution in [2.24, 2.45) is 11.8 Å². The third kappa shape index (κ3) is 5.41. The van der Waals surface area contributed by atoms with Crippen LogP contribution >= 0.6 is 12.4 Å². The third-order valence-corrected chi connectivity index (χ3v) is 5.85. The van der Waals surface area contributed by atoms with Gasteiger partial charge in [-0.15, -0.1) is 12.4 Å². The van der Waals surface area contributed by atoms with Crippen LogP contribution in [0.25, 0.3) is 0 Å². The zero-order valence-corrected chi connectivity index (χ0v) is 18.4. The molecule has 2 aliphatic heterocycles. The molecule has 2 unspecified atom stereocenters. The highest BCUT2D eigenvalue weighted by Gasteiger charge is 2.43. The lowest BCUT2D eigenvalue weighted by atomic mass is 9.95. The molecule has 1 aromatic carbocycles. The molecule has 2 atom stereocenters. The Balaban J connectivity index is 0.00000300. The number of para-hydroxylation sites is 1. The lowest BCUT2D eigenvalue weighted by Gasteiger charge is -2.32. The molecular formula is C21H33ClN4O3. The van der Waals surface area contributed by atoms with E-state index >= 15 is 0 Å². The van der Waals surface area contributed by atoms with Crippen molar-refractivity contribution in [2.45, 2.75) is 39.3 Å². The van der Waals surface area contributed by atoms with Gasteiger partial charge in [0.2, 0.25) is 0 Å². The molecule has 2 saturated heterocycles. The maximum Gasteiger partial charge on any atom is 0.340 e. The summed E-state index contributed by atoms with van der Waals surface area (Å²) in [5.74, 6) is 0.0727. The number of amides is 2. The quantitative estimate of drug-likeness (QED) is 0.681. The van der Waals surface area contributed by atoms with Crippen LogP contribution in [0.5, 0.6) is 0 Å². The van der Waals surface area contributed by atoms with Gasteiger partial charge in [-0.3, -0.25) is 14.7 Å². The SMILES string of the molecule is COC(=O)C(C)CN1C(C)N(c2ccccc2)C(=O)N1CCC1CCNCC1.Cl. The summed E-state index contributed by atoms with van der Waals surface area (Å²) in [5, 5.41) is 7.25. The summed E-state index contributed by atoms with van der Waals surface area (Å²) >= 11 is 0. The monoisotopic (exact) mass is 424 g/mol. The van der Waals surface area contributed by atoms with E-state index in [1.807, 2.05) is 59.1 Å². The molecule has 7 nitrogen and oxygen atoms in total. The first-order chi connectivity index (χ1) is 13.5. The molecule has 0 bridgehead atoms. The Morgan fingerprint density at radius 3 is 2.52 bits per heavy atom. The highest BCUT2D eigenvalue weighted by atomic mass is 35.5. The van der Waals surface area contributed by atoms with Crippen LogP contribution in [0.2, 0.25) is 0 Å². The number of nitrogens with one attached hydrogen (secondary N) is 1. The summed E-state index contributed by atoms with van der Waals surface area (Å²) in [6.07, 6.45) is 3.12. The van der Waals surface area contributed by atoms with E-state index in [9.17, 15) is 9.59 Å². The number of nitrogens with zero attached hydrogens (tertiary/aromatic N) is 3. The van der Waals surface area contributed by atoms with Crippen LogP contribution in [0, 0.1) is 11.8 Å². The number of hydrogen-bond donors (Lipinski definition) is 1. The van der Waals surface area contributed by atoms with Gasteiger partial charge < -0.3 is 10.1 Å². The van der Waals surface area contributed by atoms with Gasteiger partial charge in [0.25, 0.3) is 0 Å². The molecule has 8 heteroatoms. The maximum absolute atomic E-state index is 13.3. The van der Waals surface area contributed by atoms with Gasteiger partial charge in [-0.1, -0.05) is 25.1 Å². The smallest absolute Gasteiger partial charge is 0.340 e. The number of anilines is 1. The Labute approximate surface area is 179 Å². The van der Waals surface area contributed by atoms with Gasteiger partial charge in [0.15, 0.2) is 0 Å². The van der Waals surface area contributed by atoms with Crippen molar-refractivity contribution < 1.29 is 14.3 Å². The largest absolute Gasteiger partial charge is 0.469 e. The van der Waals surface area contributed by atoms with Crippen molar-refractivity contribution >= 4 is 30.1 Å². The molecule has 0 saturated carbocycles. The average Bonchev–Trinajstić information content (AvgIpc) is 2.96. The van der Waals surface area contributed by atoms with E-state index in [1.165, 1.54) is 7.11 Å². The normalized spacial score (nSPS) is 21.8. The van der Waals surface area contributed by atoms with Crippen LogP contribution in [0.3, 0.4) is 0 Å². The summed E-state index contributed by atoms with van der Waals surface area (Å²) in [6.45, 7) is 7.08. The number of carbonyl (C=O) groups excluding carboxylic acids is 2. The molecule has 2 fully saturated rings. The number of rotatable bonds is 7. The van der Waals surface area contributed by atoms with Crippen LogP contribution < -0.4 is 10.2 Å². The molecule has 0 spiro atoms. The van der Waals surface area contributed by atoms with Crippen LogP contribution in [0.1, 0.15) is 33.1 Å². The lowest BCUT2D eigenvalue weighted by molar-refractivity contribution is -0.147. The number of esters is 1. The summed E-state index contributed by atoms with van der Waals surface area (Å²) in [5.41, 5.74) is 0.875. The number of hydrazine groups is 1. The average molecular weight is 425 g/mol. The minimum atomic E-state index is -0.308. The van der Waals surface area contributed by atoms with Crippen LogP contribution in [-0.4, -0.2) is 61.5 Å². The molecule has 2 aliphatic rings. The molecular weight excluding hydrogens is 392 g/mol. The predicted octanol–water partition coefficient (Wildman–Crippen LogP) is 3.11. The third-order valence-electron chi connectivity index (χ3n) is 5.85. The number of benzene rings is 1. The van der Waals surface area contributed by atoms with E-state index in [2.05, 4.69) is 5.32 Å². The highest BCUT2D eigenvalue weighted by Crippen LogP contribution is 2.30. The summed E-state index contributed by atoms with van der Waals surface area (Å²) in [6, 6.07) is 9.70. The number of urea groups is 1. The minimum absolute atomic E-state index is 0. The Kier molecular flexibility index (Phi) is 8.74. The van der Waals surface area contributed by atoms with E-state index < -0.39 is 0 Å². The zero-order chi connectivity index (χ0) is 20.1.